The number of nitrogens with one attached hydrogen (secondary N) is 2. The van der Waals surface area contributed by atoms with Gasteiger partial charge in [0.1, 0.15) is 17.1 Å². The van der Waals surface area contributed by atoms with E-state index in [0.29, 0.717) is 26.6 Å². The second-order valence-corrected chi connectivity index (χ2v) is 14.2. The molecule has 11 nitrogen and oxygen atoms in total. The summed E-state index contributed by atoms with van der Waals surface area (Å²) in [5.41, 5.74) is 1.58. The molecular weight excluding hydrogens is 681 g/mol. The summed E-state index contributed by atoms with van der Waals surface area (Å²) in [7, 11) is -8.37. The summed E-state index contributed by atoms with van der Waals surface area (Å²) in [6, 6.07) is 15.9. The van der Waals surface area contributed by atoms with Crippen LogP contribution in [-0.4, -0.2) is 50.0 Å². The maximum atomic E-state index is 13.8. The lowest BCUT2D eigenvalue weighted by Crippen LogP contribution is -2.42. The minimum absolute atomic E-state index is 0.00609. The minimum Gasteiger partial charge on any atom is -0.344 e. The summed E-state index contributed by atoms with van der Waals surface area (Å²) in [5, 5.41) is -0.928. The van der Waals surface area contributed by atoms with Gasteiger partial charge >= 0.3 is 12.1 Å². The van der Waals surface area contributed by atoms with Gasteiger partial charge in [0, 0.05) is 4.47 Å². The van der Waals surface area contributed by atoms with E-state index in [1.807, 2.05) is 0 Å². The van der Waals surface area contributed by atoms with Gasteiger partial charge in [0.2, 0.25) is 5.91 Å². The predicted molar refractivity (Wildman–Crippen MR) is 153 cm³/mol. The van der Waals surface area contributed by atoms with Gasteiger partial charge in [-0.1, -0.05) is 52.3 Å². The zero-order chi connectivity index (χ0) is 31.2. The molecule has 5 rings (SSSR count). The Morgan fingerprint density at radius 2 is 1.74 bits per heavy atom. The van der Waals surface area contributed by atoms with Crippen LogP contribution in [0.3, 0.4) is 0 Å². The highest BCUT2D eigenvalue weighted by Gasteiger charge is 2.47. The molecule has 0 radical (unpaired) electrons. The lowest BCUT2D eigenvalue weighted by Gasteiger charge is -2.33. The van der Waals surface area contributed by atoms with Crippen LogP contribution in [0.15, 0.2) is 82.2 Å². The monoisotopic (exact) mass is 702 g/mol. The Bertz CT molecular complexity index is 1750. The van der Waals surface area contributed by atoms with Crippen LogP contribution in [-0.2, 0) is 30.9 Å². The second kappa shape index (κ2) is 11.5. The molecule has 1 saturated heterocycles. The van der Waals surface area contributed by atoms with Crippen molar-refractivity contribution in [1.82, 2.24) is 19.2 Å². The molecule has 1 fully saturated rings. The number of fused-ring (bicyclic) bond motifs is 1. The summed E-state index contributed by atoms with van der Waals surface area (Å²) in [6.45, 7) is 0. The van der Waals surface area contributed by atoms with Crippen molar-refractivity contribution in [3.05, 3.63) is 94.2 Å². The Kier molecular flexibility index (Phi) is 8.32. The molecule has 0 saturated carbocycles. The molecule has 228 valence electrons. The van der Waals surface area contributed by atoms with Gasteiger partial charge in [-0.05, 0) is 58.4 Å². The molecule has 43 heavy (non-hydrogen) atoms. The highest BCUT2D eigenvalue weighted by molar-refractivity contribution is 9.10. The largest absolute Gasteiger partial charge is 0.492 e. The zero-order valence-electron chi connectivity index (χ0n) is 21.7. The Labute approximate surface area is 252 Å². The lowest BCUT2D eigenvalue weighted by molar-refractivity contribution is -0.227. The van der Waals surface area contributed by atoms with Gasteiger partial charge in [-0.25, -0.2) is 18.2 Å². The quantitative estimate of drug-likeness (QED) is 0.174. The number of halogens is 4. The third-order valence-electron chi connectivity index (χ3n) is 6.54. The summed E-state index contributed by atoms with van der Waals surface area (Å²) in [5.74, 6) is -3.41. The van der Waals surface area contributed by atoms with Crippen molar-refractivity contribution < 1.29 is 45.1 Å². The van der Waals surface area contributed by atoms with Crippen molar-refractivity contribution >= 4 is 59.6 Å². The zero-order valence-corrected chi connectivity index (χ0v) is 24.9. The third kappa shape index (κ3) is 6.56. The number of imidazole rings is 1. The number of amides is 1. The number of H-pyrrole nitrogens is 1. The highest BCUT2D eigenvalue weighted by Crippen LogP contribution is 2.56. The van der Waals surface area contributed by atoms with Crippen molar-refractivity contribution in [3.63, 3.8) is 0 Å². The number of aromatic nitrogens is 2. The van der Waals surface area contributed by atoms with Crippen LogP contribution in [0, 0.1) is 0 Å². The molecule has 1 aromatic heterocycles. The molecule has 0 bridgehead atoms. The van der Waals surface area contributed by atoms with Gasteiger partial charge in [0.05, 0.1) is 22.3 Å². The number of carbonyl (C=O) groups is 2. The molecule has 3 aromatic carbocycles. The summed E-state index contributed by atoms with van der Waals surface area (Å²) in [6.07, 6.45) is -6.03. The van der Waals surface area contributed by atoms with Crippen LogP contribution in [0.1, 0.15) is 34.7 Å². The van der Waals surface area contributed by atoms with E-state index in [9.17, 15) is 40.3 Å². The van der Waals surface area contributed by atoms with Crippen LogP contribution in [0.5, 0.6) is 0 Å². The van der Waals surface area contributed by atoms with E-state index in [0.717, 1.165) is 12.1 Å². The lowest BCUT2D eigenvalue weighted by atomic mass is 10.0. The summed E-state index contributed by atoms with van der Waals surface area (Å²) in [4.78, 5) is 35.2. The van der Waals surface area contributed by atoms with Gasteiger partial charge in [-0.3, -0.25) is 18.6 Å². The fourth-order valence-electron chi connectivity index (χ4n) is 4.49. The van der Waals surface area contributed by atoms with Gasteiger partial charge in [-0.15, -0.1) is 10.8 Å². The number of nitrogens with zero attached hydrogens (tertiary/aromatic N) is 2. The number of para-hydroxylation sites is 2. The molecule has 1 aliphatic heterocycles. The maximum absolute atomic E-state index is 13.8. The van der Waals surface area contributed by atoms with E-state index < -0.39 is 55.0 Å². The van der Waals surface area contributed by atoms with Crippen molar-refractivity contribution in [3.8, 4) is 0 Å². The number of alkyl halides is 3. The average molecular weight is 704 g/mol. The molecule has 17 heteroatoms. The number of hydrogen-bond donors (Lipinski definition) is 4. The Morgan fingerprint density at radius 1 is 1.09 bits per heavy atom. The van der Waals surface area contributed by atoms with Gasteiger partial charge in [-0.2, -0.15) is 13.2 Å². The average Bonchev–Trinajstić information content (AvgIpc) is 3.49. The van der Waals surface area contributed by atoms with Crippen molar-refractivity contribution in [1.29, 1.82) is 0 Å². The van der Waals surface area contributed by atoms with Gasteiger partial charge in [0.25, 0.3) is 10.0 Å². The van der Waals surface area contributed by atoms with E-state index in [1.54, 1.807) is 24.3 Å². The Balaban J connectivity index is 1.59. The van der Waals surface area contributed by atoms with Crippen molar-refractivity contribution in [2.75, 3.05) is 0 Å². The first-order valence-electron chi connectivity index (χ1n) is 12.4. The number of hydroxylamine groups is 1. The SMILES string of the molecule is O=C1CC(c2ccc(C[C@@H](c3nc4ccccc4[nH]3)N(OC(=O)C(F)(F)F)S(=O)(=O)c3ccc(Br)cc3)cc2)S(O)(O)N1. The first kappa shape index (κ1) is 31.0. The minimum atomic E-state index is -5.52. The number of aromatic amines is 1. The molecule has 1 unspecified atom stereocenters. The molecule has 2 atom stereocenters. The van der Waals surface area contributed by atoms with Crippen LogP contribution in [0.2, 0.25) is 0 Å². The fourth-order valence-corrected chi connectivity index (χ4v) is 7.60. The van der Waals surface area contributed by atoms with Gasteiger partial charge < -0.3 is 9.82 Å². The standard InChI is InChI=1S/C26H22BrF3N4O7S2/c27-17-9-11-18(12-10-17)43(39,40)34(41-25(36)26(28,29)30)21(24-31-19-3-1-2-4-20(19)32-24)13-15-5-7-16(8-6-15)22-14-23(35)33-42(22,37)38/h1-12,21-22,37-38H,13-14H2,(H,31,32)(H,33,35)/t21-,22?/m0/s1. The predicted octanol–water partition coefficient (Wildman–Crippen LogP) is 5.55. The maximum Gasteiger partial charge on any atom is 0.492 e. The van der Waals surface area contributed by atoms with E-state index in [-0.39, 0.29) is 23.1 Å². The number of sulfonamides is 1. The first-order chi connectivity index (χ1) is 20.1. The van der Waals surface area contributed by atoms with Crippen LogP contribution in [0.4, 0.5) is 13.2 Å². The molecule has 0 aliphatic carbocycles. The molecule has 0 spiro atoms. The Hall–Kier alpha value is -3.48. The van der Waals surface area contributed by atoms with E-state index in [4.69, 9.17) is 0 Å². The highest BCUT2D eigenvalue weighted by atomic mass is 79.9. The van der Waals surface area contributed by atoms with Crippen LogP contribution >= 0.6 is 26.7 Å². The molecule has 1 aliphatic rings. The van der Waals surface area contributed by atoms with Crippen molar-refractivity contribution in [2.45, 2.75) is 35.2 Å². The Morgan fingerprint density at radius 3 is 2.33 bits per heavy atom. The number of rotatable bonds is 8. The van der Waals surface area contributed by atoms with E-state index >= 15 is 0 Å². The molecule has 4 aromatic rings. The first-order valence-corrected chi connectivity index (χ1v) is 16.2. The fraction of sp³-hybridized carbons (Fsp3) is 0.192. The second-order valence-electron chi connectivity index (χ2n) is 9.50. The normalized spacial score (nSPS) is 18.4. The van der Waals surface area contributed by atoms with Crippen LogP contribution < -0.4 is 4.72 Å². The number of benzene rings is 3. The van der Waals surface area contributed by atoms with Crippen molar-refractivity contribution in [2.24, 2.45) is 0 Å². The summed E-state index contributed by atoms with van der Waals surface area (Å²) < 4.78 is 90.9. The molecule has 4 N–H and O–H groups in total. The number of hydrogen-bond acceptors (Lipinski definition) is 8. The van der Waals surface area contributed by atoms with Gasteiger partial charge in [0.15, 0.2) is 0 Å². The third-order valence-corrected chi connectivity index (χ3v) is 10.5. The molecule has 2 heterocycles. The summed E-state index contributed by atoms with van der Waals surface area (Å²) >= 11 is 3.18. The molecule has 1 amide bonds. The van der Waals surface area contributed by atoms with E-state index in [1.165, 1.54) is 36.4 Å². The smallest absolute Gasteiger partial charge is 0.344 e. The topological polar surface area (TPSA) is 162 Å². The van der Waals surface area contributed by atoms with E-state index in [2.05, 4.69) is 35.5 Å². The molecular formula is C26H22BrF3N4O7S2. The number of carbonyl (C=O) groups excluding carboxylic acids is 2. The van der Waals surface area contributed by atoms with Crippen LogP contribution in [0.25, 0.3) is 11.0 Å².